The second kappa shape index (κ2) is 7.20. The molecule has 1 amide bonds. The third kappa shape index (κ3) is 4.05. The van der Waals surface area contributed by atoms with Gasteiger partial charge in [-0.2, -0.15) is 0 Å². The highest BCUT2D eigenvalue weighted by Gasteiger charge is 2.42. The second-order valence-corrected chi connectivity index (χ2v) is 9.31. The average molecular weight is 361 g/mol. The number of hydrogen-bond donors (Lipinski definition) is 1. The first-order chi connectivity index (χ1) is 10.2. The summed E-state index contributed by atoms with van der Waals surface area (Å²) < 4.78 is 23.2. The summed E-state index contributed by atoms with van der Waals surface area (Å²) >= 11 is 0. The Balaban J connectivity index is 0.00000264. The SMILES string of the molecule is CC(C(=O)N1CCS(=O)(=O)C(C)(C)C1)C(N)c1ccccc1.Cl. The number of benzene rings is 1. The van der Waals surface area contributed by atoms with Crippen LogP contribution in [-0.4, -0.2) is 42.8 Å². The highest BCUT2D eigenvalue weighted by atomic mass is 35.5. The number of carbonyl (C=O) groups is 1. The normalized spacial score (nSPS) is 21.8. The van der Waals surface area contributed by atoms with Crippen LogP contribution in [0.15, 0.2) is 30.3 Å². The number of hydrogen-bond acceptors (Lipinski definition) is 4. The number of nitrogens with zero attached hydrogens (tertiary/aromatic N) is 1. The van der Waals surface area contributed by atoms with E-state index in [-0.39, 0.29) is 43.1 Å². The minimum atomic E-state index is -3.15. The predicted molar refractivity (Wildman–Crippen MR) is 94.2 cm³/mol. The van der Waals surface area contributed by atoms with Crippen molar-refractivity contribution >= 4 is 28.2 Å². The molecule has 130 valence electrons. The Hall–Kier alpha value is -1.11. The molecule has 5 nitrogen and oxygen atoms in total. The van der Waals surface area contributed by atoms with E-state index in [4.69, 9.17) is 5.73 Å². The Morgan fingerprint density at radius 1 is 1.26 bits per heavy atom. The van der Waals surface area contributed by atoms with Gasteiger partial charge in [0.25, 0.3) is 0 Å². The zero-order valence-corrected chi connectivity index (χ0v) is 15.4. The topological polar surface area (TPSA) is 80.5 Å². The minimum Gasteiger partial charge on any atom is -0.340 e. The predicted octanol–water partition coefficient (Wildman–Crippen LogP) is 1.78. The van der Waals surface area contributed by atoms with Crippen LogP contribution in [0, 0.1) is 5.92 Å². The van der Waals surface area contributed by atoms with E-state index in [1.54, 1.807) is 25.7 Å². The van der Waals surface area contributed by atoms with Crippen molar-refractivity contribution in [2.24, 2.45) is 11.7 Å². The zero-order valence-electron chi connectivity index (χ0n) is 13.7. The van der Waals surface area contributed by atoms with Crippen molar-refractivity contribution in [1.29, 1.82) is 0 Å². The first-order valence-electron chi connectivity index (χ1n) is 7.47. The number of halogens is 1. The van der Waals surface area contributed by atoms with Gasteiger partial charge in [0.05, 0.1) is 16.4 Å². The fraction of sp³-hybridized carbons (Fsp3) is 0.562. The molecule has 0 saturated carbocycles. The molecule has 1 aromatic rings. The highest BCUT2D eigenvalue weighted by molar-refractivity contribution is 7.92. The van der Waals surface area contributed by atoms with Crippen LogP contribution in [0.4, 0.5) is 0 Å². The van der Waals surface area contributed by atoms with Crippen LogP contribution < -0.4 is 5.73 Å². The number of amides is 1. The summed E-state index contributed by atoms with van der Waals surface area (Å²) in [5.74, 6) is -0.461. The number of nitrogens with two attached hydrogens (primary N) is 1. The third-order valence-corrected chi connectivity index (χ3v) is 7.00. The van der Waals surface area contributed by atoms with Crippen molar-refractivity contribution in [3.05, 3.63) is 35.9 Å². The van der Waals surface area contributed by atoms with Gasteiger partial charge in [0.2, 0.25) is 5.91 Å². The lowest BCUT2D eigenvalue weighted by molar-refractivity contribution is -0.136. The lowest BCUT2D eigenvalue weighted by atomic mass is 9.94. The summed E-state index contributed by atoms with van der Waals surface area (Å²) in [5.41, 5.74) is 7.11. The Morgan fingerprint density at radius 2 is 1.83 bits per heavy atom. The maximum atomic E-state index is 12.7. The molecule has 1 aliphatic rings. The molecule has 1 heterocycles. The summed E-state index contributed by atoms with van der Waals surface area (Å²) in [4.78, 5) is 14.3. The number of sulfone groups is 1. The fourth-order valence-corrected chi connectivity index (χ4v) is 4.10. The quantitative estimate of drug-likeness (QED) is 0.890. The van der Waals surface area contributed by atoms with Crippen molar-refractivity contribution in [1.82, 2.24) is 4.90 Å². The Kier molecular flexibility index (Phi) is 6.24. The molecule has 1 aromatic carbocycles. The standard InChI is InChI=1S/C16H24N2O3S.ClH/c1-12(14(17)13-7-5-4-6-8-13)15(19)18-9-10-22(20,21)16(2,3)11-18;/h4-8,12,14H,9-11,17H2,1-3H3;1H. The highest BCUT2D eigenvalue weighted by Crippen LogP contribution is 2.27. The van der Waals surface area contributed by atoms with Gasteiger partial charge in [-0.15, -0.1) is 12.4 Å². The number of carbonyl (C=O) groups excluding carboxylic acids is 1. The molecule has 2 rings (SSSR count). The maximum absolute atomic E-state index is 12.7. The Labute approximate surface area is 144 Å². The molecule has 0 aliphatic carbocycles. The molecular weight excluding hydrogens is 336 g/mol. The van der Waals surface area contributed by atoms with E-state index in [1.807, 2.05) is 30.3 Å². The van der Waals surface area contributed by atoms with E-state index >= 15 is 0 Å². The zero-order chi connectivity index (χ0) is 16.5. The Morgan fingerprint density at radius 3 is 2.35 bits per heavy atom. The fourth-order valence-electron chi connectivity index (χ4n) is 2.74. The van der Waals surface area contributed by atoms with Gasteiger partial charge in [-0.1, -0.05) is 37.3 Å². The van der Waals surface area contributed by atoms with Crippen molar-refractivity contribution < 1.29 is 13.2 Å². The van der Waals surface area contributed by atoms with Gasteiger partial charge < -0.3 is 10.6 Å². The Bertz CT molecular complexity index is 647. The number of rotatable bonds is 3. The third-order valence-electron chi connectivity index (χ3n) is 4.47. The van der Waals surface area contributed by atoms with Gasteiger partial charge in [0, 0.05) is 19.1 Å². The van der Waals surface area contributed by atoms with Crippen LogP contribution in [0.5, 0.6) is 0 Å². The van der Waals surface area contributed by atoms with Crippen molar-refractivity contribution in [3.8, 4) is 0 Å². The summed E-state index contributed by atoms with van der Waals surface area (Å²) in [6.45, 7) is 5.61. The van der Waals surface area contributed by atoms with Crippen LogP contribution in [0.1, 0.15) is 32.4 Å². The van der Waals surface area contributed by atoms with Gasteiger partial charge in [-0.05, 0) is 19.4 Å². The van der Waals surface area contributed by atoms with E-state index < -0.39 is 20.6 Å². The van der Waals surface area contributed by atoms with Crippen molar-refractivity contribution in [2.75, 3.05) is 18.8 Å². The van der Waals surface area contributed by atoms with E-state index in [9.17, 15) is 13.2 Å². The molecule has 1 saturated heterocycles. The van der Waals surface area contributed by atoms with Crippen molar-refractivity contribution in [3.63, 3.8) is 0 Å². The van der Waals surface area contributed by atoms with E-state index in [1.165, 1.54) is 0 Å². The summed E-state index contributed by atoms with van der Waals surface area (Å²) in [5, 5.41) is 0. The molecule has 0 aromatic heterocycles. The summed E-state index contributed by atoms with van der Waals surface area (Å²) in [7, 11) is -3.15. The largest absolute Gasteiger partial charge is 0.340 e. The lowest BCUT2D eigenvalue weighted by Crippen LogP contribution is -2.56. The van der Waals surface area contributed by atoms with Crippen LogP contribution in [0.3, 0.4) is 0 Å². The van der Waals surface area contributed by atoms with Crippen LogP contribution >= 0.6 is 12.4 Å². The summed E-state index contributed by atoms with van der Waals surface area (Å²) in [6.07, 6.45) is 0. The molecule has 7 heteroatoms. The first kappa shape index (κ1) is 19.9. The molecule has 2 atom stereocenters. The van der Waals surface area contributed by atoms with Crippen LogP contribution in [-0.2, 0) is 14.6 Å². The van der Waals surface area contributed by atoms with Crippen LogP contribution in [0.25, 0.3) is 0 Å². The van der Waals surface area contributed by atoms with Crippen LogP contribution in [0.2, 0.25) is 0 Å². The summed E-state index contributed by atoms with van der Waals surface area (Å²) in [6, 6.07) is 9.10. The molecular formula is C16H25ClN2O3S. The van der Waals surface area contributed by atoms with E-state index in [0.29, 0.717) is 0 Å². The molecule has 23 heavy (non-hydrogen) atoms. The molecule has 1 aliphatic heterocycles. The maximum Gasteiger partial charge on any atom is 0.227 e. The molecule has 0 spiro atoms. The lowest BCUT2D eigenvalue weighted by Gasteiger charge is -2.39. The molecule has 0 bridgehead atoms. The van der Waals surface area contributed by atoms with E-state index in [2.05, 4.69) is 0 Å². The minimum absolute atomic E-state index is 0. The van der Waals surface area contributed by atoms with E-state index in [0.717, 1.165) is 5.56 Å². The monoisotopic (exact) mass is 360 g/mol. The van der Waals surface area contributed by atoms with Gasteiger partial charge in [-0.3, -0.25) is 4.79 Å². The molecule has 1 fully saturated rings. The smallest absolute Gasteiger partial charge is 0.227 e. The van der Waals surface area contributed by atoms with Gasteiger partial charge in [0.15, 0.2) is 9.84 Å². The van der Waals surface area contributed by atoms with Gasteiger partial charge in [0.1, 0.15) is 0 Å². The van der Waals surface area contributed by atoms with Gasteiger partial charge >= 0.3 is 0 Å². The second-order valence-electron chi connectivity index (χ2n) is 6.56. The molecule has 2 N–H and O–H groups in total. The van der Waals surface area contributed by atoms with Gasteiger partial charge in [-0.25, -0.2) is 8.42 Å². The average Bonchev–Trinajstić information content (AvgIpc) is 2.48. The first-order valence-corrected chi connectivity index (χ1v) is 9.12. The molecule has 2 unspecified atom stereocenters. The van der Waals surface area contributed by atoms with Crippen molar-refractivity contribution in [2.45, 2.75) is 31.6 Å². The molecule has 0 radical (unpaired) electrons.